The number of aliphatic hydroxyl groups is 1. The quantitative estimate of drug-likeness (QED) is 0.746. The zero-order valence-corrected chi connectivity index (χ0v) is 7.91. The molecule has 0 saturated heterocycles. The van der Waals surface area contributed by atoms with Crippen molar-refractivity contribution in [1.82, 2.24) is 0 Å². The second-order valence-electron chi connectivity index (χ2n) is 3.60. The van der Waals surface area contributed by atoms with Gasteiger partial charge < -0.3 is 5.11 Å². The molecule has 0 unspecified atom stereocenters. The molecule has 0 atom stereocenters. The van der Waals surface area contributed by atoms with E-state index in [2.05, 4.69) is 6.07 Å². The summed E-state index contributed by atoms with van der Waals surface area (Å²) in [4.78, 5) is 0. The van der Waals surface area contributed by atoms with E-state index in [0.29, 0.717) is 0 Å². The summed E-state index contributed by atoms with van der Waals surface area (Å²) < 4.78 is 0. The summed E-state index contributed by atoms with van der Waals surface area (Å²) in [5.74, 6) is 0. The minimum absolute atomic E-state index is 0.0232. The van der Waals surface area contributed by atoms with Crippen LogP contribution in [0.25, 0.3) is 0 Å². The Labute approximate surface area is 78.4 Å². The summed E-state index contributed by atoms with van der Waals surface area (Å²) >= 11 is 0. The number of hydrogen-bond acceptors (Lipinski definition) is 2. The zero-order chi connectivity index (χ0) is 9.90. The molecule has 1 aromatic rings. The predicted molar refractivity (Wildman–Crippen MR) is 51.0 cm³/mol. The average molecular weight is 175 g/mol. The molecule has 2 heteroatoms. The third-order valence-corrected chi connectivity index (χ3v) is 2.11. The van der Waals surface area contributed by atoms with Crippen molar-refractivity contribution in [2.75, 3.05) is 0 Å². The van der Waals surface area contributed by atoms with Gasteiger partial charge in [0.05, 0.1) is 18.1 Å². The molecular weight excluding hydrogens is 162 g/mol. The first-order chi connectivity index (χ1) is 6.10. The van der Waals surface area contributed by atoms with Crippen LogP contribution in [0.5, 0.6) is 0 Å². The van der Waals surface area contributed by atoms with E-state index < -0.39 is 5.41 Å². The van der Waals surface area contributed by atoms with Gasteiger partial charge in [0.25, 0.3) is 0 Å². The maximum atomic E-state index is 8.92. The minimum atomic E-state index is -0.481. The molecule has 0 saturated carbocycles. The molecule has 1 N–H and O–H groups in total. The molecular formula is C11H13NO. The van der Waals surface area contributed by atoms with Gasteiger partial charge in [0.15, 0.2) is 0 Å². The van der Waals surface area contributed by atoms with Crippen LogP contribution >= 0.6 is 0 Å². The number of rotatable bonds is 2. The van der Waals surface area contributed by atoms with Gasteiger partial charge in [-0.05, 0) is 25.0 Å². The van der Waals surface area contributed by atoms with E-state index in [9.17, 15) is 0 Å². The third-order valence-electron chi connectivity index (χ3n) is 2.11. The van der Waals surface area contributed by atoms with Crippen LogP contribution in [0.2, 0.25) is 0 Å². The van der Waals surface area contributed by atoms with E-state index in [4.69, 9.17) is 10.4 Å². The largest absolute Gasteiger partial charge is 0.392 e. The Bertz CT molecular complexity index is 336. The molecule has 68 valence electrons. The molecule has 0 spiro atoms. The maximum absolute atomic E-state index is 8.92. The number of nitrogens with zero attached hydrogens (tertiary/aromatic N) is 1. The highest BCUT2D eigenvalue weighted by atomic mass is 16.3. The Balaban J connectivity index is 3.10. The molecule has 2 nitrogen and oxygen atoms in total. The van der Waals surface area contributed by atoms with Gasteiger partial charge in [-0.3, -0.25) is 0 Å². The lowest BCUT2D eigenvalue weighted by Crippen LogP contribution is -2.13. The molecule has 0 aliphatic heterocycles. The van der Waals surface area contributed by atoms with Crippen LogP contribution in [0, 0.1) is 11.3 Å². The number of benzene rings is 1. The first-order valence-electron chi connectivity index (χ1n) is 4.21. The normalized spacial score (nSPS) is 10.9. The highest BCUT2D eigenvalue weighted by molar-refractivity contribution is 5.33. The Kier molecular flexibility index (Phi) is 2.69. The van der Waals surface area contributed by atoms with Crippen molar-refractivity contribution in [3.05, 3.63) is 35.4 Å². The molecule has 0 aliphatic carbocycles. The van der Waals surface area contributed by atoms with Crippen LogP contribution in [0.3, 0.4) is 0 Å². The third kappa shape index (κ3) is 2.07. The van der Waals surface area contributed by atoms with Crippen molar-refractivity contribution in [3.63, 3.8) is 0 Å². The van der Waals surface area contributed by atoms with E-state index in [0.717, 1.165) is 11.1 Å². The molecule has 0 radical (unpaired) electrons. The van der Waals surface area contributed by atoms with Gasteiger partial charge in [0, 0.05) is 0 Å². The second kappa shape index (κ2) is 3.59. The van der Waals surface area contributed by atoms with E-state index in [1.165, 1.54) is 0 Å². The molecule has 0 fully saturated rings. The zero-order valence-electron chi connectivity index (χ0n) is 7.91. The van der Waals surface area contributed by atoms with E-state index in [-0.39, 0.29) is 6.61 Å². The van der Waals surface area contributed by atoms with Crippen molar-refractivity contribution >= 4 is 0 Å². The Morgan fingerprint density at radius 2 is 2.15 bits per heavy atom. The summed E-state index contributed by atoms with van der Waals surface area (Å²) in [6.45, 7) is 3.75. The summed E-state index contributed by atoms with van der Waals surface area (Å²) in [5.41, 5.74) is 1.31. The standard InChI is InChI=1S/C11H13NO/c1-11(2,8-12)10-5-3-4-9(6-10)7-13/h3-6,13H,7H2,1-2H3. The monoisotopic (exact) mass is 175 g/mol. The van der Waals surface area contributed by atoms with Crippen LogP contribution in [0.1, 0.15) is 25.0 Å². The highest BCUT2D eigenvalue weighted by Crippen LogP contribution is 2.22. The lowest BCUT2D eigenvalue weighted by atomic mass is 9.86. The van der Waals surface area contributed by atoms with Gasteiger partial charge in [-0.25, -0.2) is 0 Å². The first-order valence-corrected chi connectivity index (χ1v) is 4.21. The van der Waals surface area contributed by atoms with Gasteiger partial charge in [-0.2, -0.15) is 5.26 Å². The molecule has 0 aliphatic rings. The number of hydrogen-bond donors (Lipinski definition) is 1. The van der Waals surface area contributed by atoms with Crippen LogP contribution in [-0.4, -0.2) is 5.11 Å². The smallest absolute Gasteiger partial charge is 0.0766 e. The Morgan fingerprint density at radius 3 is 2.69 bits per heavy atom. The van der Waals surface area contributed by atoms with Crippen LogP contribution < -0.4 is 0 Å². The van der Waals surface area contributed by atoms with Crippen molar-refractivity contribution in [3.8, 4) is 6.07 Å². The van der Waals surface area contributed by atoms with E-state index in [1.807, 2.05) is 38.1 Å². The molecule has 0 aromatic heterocycles. The topological polar surface area (TPSA) is 44.0 Å². The van der Waals surface area contributed by atoms with Gasteiger partial charge in [0.1, 0.15) is 0 Å². The van der Waals surface area contributed by atoms with Crippen LogP contribution in [0.4, 0.5) is 0 Å². The van der Waals surface area contributed by atoms with Crippen molar-refractivity contribution in [2.45, 2.75) is 25.9 Å². The molecule has 1 aromatic carbocycles. The van der Waals surface area contributed by atoms with Gasteiger partial charge in [-0.1, -0.05) is 24.3 Å². The van der Waals surface area contributed by atoms with Gasteiger partial charge in [-0.15, -0.1) is 0 Å². The summed E-state index contributed by atoms with van der Waals surface area (Å²) in [5, 5.41) is 17.8. The van der Waals surface area contributed by atoms with Crippen molar-refractivity contribution in [2.24, 2.45) is 0 Å². The molecule has 0 amide bonds. The maximum Gasteiger partial charge on any atom is 0.0766 e. The minimum Gasteiger partial charge on any atom is -0.392 e. The van der Waals surface area contributed by atoms with E-state index in [1.54, 1.807) is 0 Å². The Hall–Kier alpha value is -1.33. The fourth-order valence-corrected chi connectivity index (χ4v) is 1.12. The average Bonchev–Trinajstić information content (AvgIpc) is 2.18. The van der Waals surface area contributed by atoms with Crippen LogP contribution in [0.15, 0.2) is 24.3 Å². The van der Waals surface area contributed by atoms with E-state index >= 15 is 0 Å². The van der Waals surface area contributed by atoms with Gasteiger partial charge in [0.2, 0.25) is 0 Å². The fourth-order valence-electron chi connectivity index (χ4n) is 1.12. The summed E-state index contributed by atoms with van der Waals surface area (Å²) in [6, 6.07) is 9.70. The SMILES string of the molecule is CC(C)(C#N)c1cccc(CO)c1. The first kappa shape index (κ1) is 9.76. The highest BCUT2D eigenvalue weighted by Gasteiger charge is 2.19. The number of nitriles is 1. The summed E-state index contributed by atoms with van der Waals surface area (Å²) in [6.07, 6.45) is 0. The molecule has 0 heterocycles. The van der Waals surface area contributed by atoms with Gasteiger partial charge >= 0.3 is 0 Å². The lowest BCUT2D eigenvalue weighted by Gasteiger charge is -2.16. The second-order valence-corrected chi connectivity index (χ2v) is 3.60. The predicted octanol–water partition coefficient (Wildman–Crippen LogP) is 1.98. The molecule has 0 bridgehead atoms. The van der Waals surface area contributed by atoms with Crippen LogP contribution in [-0.2, 0) is 12.0 Å². The Morgan fingerprint density at radius 1 is 1.46 bits per heavy atom. The molecule has 13 heavy (non-hydrogen) atoms. The fraction of sp³-hybridized carbons (Fsp3) is 0.364. The van der Waals surface area contributed by atoms with Crippen molar-refractivity contribution < 1.29 is 5.11 Å². The number of aliphatic hydroxyl groups excluding tert-OH is 1. The summed E-state index contributed by atoms with van der Waals surface area (Å²) in [7, 11) is 0. The molecule has 1 rings (SSSR count). The van der Waals surface area contributed by atoms with Crippen molar-refractivity contribution in [1.29, 1.82) is 5.26 Å². The lowest BCUT2D eigenvalue weighted by molar-refractivity contribution is 0.281.